The third-order valence-electron chi connectivity index (χ3n) is 5.57. The Kier molecular flexibility index (Phi) is 5.02. The monoisotopic (exact) mass is 459 g/mol. The molecule has 0 atom stereocenters. The summed E-state index contributed by atoms with van der Waals surface area (Å²) in [6.07, 6.45) is 1.74. The van der Waals surface area contributed by atoms with Gasteiger partial charge >= 0.3 is 5.97 Å². The van der Waals surface area contributed by atoms with Crippen LogP contribution in [0.3, 0.4) is 0 Å². The molecule has 3 aromatic heterocycles. The van der Waals surface area contributed by atoms with Gasteiger partial charge in [0.2, 0.25) is 0 Å². The van der Waals surface area contributed by atoms with Crippen molar-refractivity contribution in [2.45, 2.75) is 18.7 Å². The zero-order chi connectivity index (χ0) is 23.2. The molecule has 0 fully saturated rings. The normalized spacial score (nSPS) is 11.8. The maximum atomic E-state index is 13.7. The van der Waals surface area contributed by atoms with Gasteiger partial charge in [0.25, 0.3) is 10.0 Å². The number of nitrogens with zero attached hydrogens (tertiary/aromatic N) is 3. The molecule has 7 nitrogen and oxygen atoms in total. The molecule has 0 saturated heterocycles. The number of esters is 1. The Morgan fingerprint density at radius 1 is 1.00 bits per heavy atom. The third kappa shape index (κ3) is 3.39. The van der Waals surface area contributed by atoms with E-state index in [1.165, 1.54) is 3.97 Å². The average molecular weight is 460 g/mol. The fraction of sp³-hybridized carbons (Fsp3) is 0.120. The van der Waals surface area contributed by atoms with Gasteiger partial charge in [0, 0.05) is 17.3 Å². The number of rotatable bonds is 5. The van der Waals surface area contributed by atoms with Crippen LogP contribution in [0.1, 0.15) is 23.0 Å². The van der Waals surface area contributed by atoms with Crippen molar-refractivity contribution in [3.05, 3.63) is 90.3 Å². The smallest absolute Gasteiger partial charge is 0.338 e. The molecule has 0 bridgehead atoms. The van der Waals surface area contributed by atoms with Crippen LogP contribution in [-0.4, -0.2) is 34.4 Å². The predicted octanol–water partition coefficient (Wildman–Crippen LogP) is 4.68. The highest BCUT2D eigenvalue weighted by Gasteiger charge is 2.26. The van der Waals surface area contributed by atoms with Crippen LogP contribution in [0.2, 0.25) is 0 Å². The minimum absolute atomic E-state index is 0.193. The van der Waals surface area contributed by atoms with Gasteiger partial charge in [-0.1, -0.05) is 36.4 Å². The van der Waals surface area contributed by atoms with Crippen molar-refractivity contribution in [1.29, 1.82) is 0 Å². The lowest BCUT2D eigenvalue weighted by Crippen LogP contribution is -2.14. The van der Waals surface area contributed by atoms with E-state index < -0.39 is 16.0 Å². The number of hydrogen-bond acceptors (Lipinski definition) is 5. The minimum Gasteiger partial charge on any atom is -0.462 e. The van der Waals surface area contributed by atoms with Crippen molar-refractivity contribution in [1.82, 2.24) is 13.4 Å². The van der Waals surface area contributed by atoms with Crippen molar-refractivity contribution in [3.63, 3.8) is 0 Å². The number of imidazole rings is 1. The van der Waals surface area contributed by atoms with E-state index in [4.69, 9.17) is 9.72 Å². The highest BCUT2D eigenvalue weighted by molar-refractivity contribution is 7.90. The van der Waals surface area contributed by atoms with Gasteiger partial charge in [0.15, 0.2) is 0 Å². The van der Waals surface area contributed by atoms with Crippen LogP contribution < -0.4 is 0 Å². The minimum atomic E-state index is -3.89. The second-order valence-electron chi connectivity index (χ2n) is 7.58. The Hall–Kier alpha value is -3.91. The number of benzene rings is 2. The van der Waals surface area contributed by atoms with Crippen LogP contribution >= 0.6 is 0 Å². The fourth-order valence-electron chi connectivity index (χ4n) is 4.00. The Balaban J connectivity index is 1.77. The van der Waals surface area contributed by atoms with Crippen LogP contribution in [0, 0.1) is 6.92 Å². The number of pyridine rings is 1. The molecule has 0 spiro atoms. The number of hydrogen-bond donors (Lipinski definition) is 0. The molecule has 0 aliphatic carbocycles. The molecule has 5 aromatic rings. The molecular formula is C25H21N3O4S. The van der Waals surface area contributed by atoms with Crippen molar-refractivity contribution in [2.75, 3.05) is 6.61 Å². The van der Waals surface area contributed by atoms with E-state index in [1.807, 2.05) is 35.6 Å². The molecule has 0 radical (unpaired) electrons. The molecule has 0 aliphatic heterocycles. The number of carbonyl (C=O) groups excluding carboxylic acids is 1. The number of aryl methyl sites for hydroxylation is 1. The largest absolute Gasteiger partial charge is 0.462 e. The quantitative estimate of drug-likeness (QED) is 0.357. The number of para-hydroxylation sites is 1. The summed E-state index contributed by atoms with van der Waals surface area (Å²) in [7, 11) is -3.89. The van der Waals surface area contributed by atoms with Crippen LogP contribution in [0.4, 0.5) is 0 Å². The molecule has 0 unspecified atom stereocenters. The van der Waals surface area contributed by atoms with Gasteiger partial charge in [-0.15, -0.1) is 0 Å². The van der Waals surface area contributed by atoms with E-state index in [-0.39, 0.29) is 11.5 Å². The maximum Gasteiger partial charge on any atom is 0.338 e. The summed E-state index contributed by atoms with van der Waals surface area (Å²) in [5.41, 5.74) is 3.22. The van der Waals surface area contributed by atoms with Gasteiger partial charge in [0.05, 0.1) is 28.3 Å². The van der Waals surface area contributed by atoms with E-state index in [0.717, 1.165) is 11.1 Å². The first-order chi connectivity index (χ1) is 15.9. The van der Waals surface area contributed by atoms with Crippen LogP contribution in [0.5, 0.6) is 0 Å². The van der Waals surface area contributed by atoms with Crippen molar-refractivity contribution >= 4 is 32.5 Å². The molecule has 166 valence electrons. The Morgan fingerprint density at radius 3 is 2.48 bits per heavy atom. The highest BCUT2D eigenvalue weighted by Crippen LogP contribution is 2.33. The standard InChI is InChI=1S/C25H21N3O4S/c1-3-32-25(29)19-13-14-27-17(2)24(26-23(27)16-19)22-15-18-9-7-8-12-21(18)28(22)33(30,31)20-10-5-4-6-11-20/h4-16H,3H2,1-2H3. The van der Waals surface area contributed by atoms with Crippen LogP contribution in [0.15, 0.2) is 83.9 Å². The first kappa shape index (κ1) is 21.0. The summed E-state index contributed by atoms with van der Waals surface area (Å²) in [5, 5.41) is 0.788. The molecule has 33 heavy (non-hydrogen) atoms. The lowest BCUT2D eigenvalue weighted by Gasteiger charge is -2.11. The lowest BCUT2D eigenvalue weighted by molar-refractivity contribution is 0.0526. The summed E-state index contributed by atoms with van der Waals surface area (Å²) in [6.45, 7) is 3.90. The zero-order valence-electron chi connectivity index (χ0n) is 18.1. The van der Waals surface area contributed by atoms with Gasteiger partial charge < -0.3 is 9.14 Å². The van der Waals surface area contributed by atoms with Crippen LogP contribution in [-0.2, 0) is 14.8 Å². The molecule has 2 aromatic carbocycles. The molecule has 5 rings (SSSR count). The van der Waals surface area contributed by atoms with Gasteiger partial charge in [-0.2, -0.15) is 0 Å². The predicted molar refractivity (Wildman–Crippen MR) is 126 cm³/mol. The van der Waals surface area contributed by atoms with Crippen LogP contribution in [0.25, 0.3) is 27.9 Å². The lowest BCUT2D eigenvalue weighted by atomic mass is 10.2. The van der Waals surface area contributed by atoms with E-state index in [0.29, 0.717) is 28.1 Å². The number of fused-ring (bicyclic) bond motifs is 2. The number of ether oxygens (including phenoxy) is 1. The Morgan fingerprint density at radius 2 is 1.73 bits per heavy atom. The summed E-state index contributed by atoms with van der Waals surface area (Å²) < 4.78 is 35.7. The fourth-order valence-corrected chi connectivity index (χ4v) is 5.54. The van der Waals surface area contributed by atoms with Crippen molar-refractivity contribution in [3.8, 4) is 11.4 Å². The Labute approximate surface area is 190 Å². The van der Waals surface area contributed by atoms with Gasteiger partial charge in [-0.25, -0.2) is 22.2 Å². The first-order valence-electron chi connectivity index (χ1n) is 10.5. The number of carbonyl (C=O) groups is 1. The SMILES string of the molecule is CCOC(=O)c1ccn2c(C)c(-c3cc4ccccc4n3S(=O)(=O)c3ccccc3)nc2c1. The van der Waals surface area contributed by atoms with Crippen molar-refractivity contribution < 1.29 is 17.9 Å². The van der Waals surface area contributed by atoms with E-state index in [2.05, 4.69) is 0 Å². The summed E-state index contributed by atoms with van der Waals surface area (Å²) in [6, 6.07) is 20.8. The first-order valence-corrected chi connectivity index (χ1v) is 11.9. The van der Waals surface area contributed by atoms with E-state index in [9.17, 15) is 13.2 Å². The maximum absolute atomic E-state index is 13.7. The summed E-state index contributed by atoms with van der Waals surface area (Å²) >= 11 is 0. The summed E-state index contributed by atoms with van der Waals surface area (Å²) in [4.78, 5) is 17.1. The molecule has 0 aliphatic rings. The number of aromatic nitrogens is 3. The van der Waals surface area contributed by atoms with E-state index >= 15 is 0 Å². The second-order valence-corrected chi connectivity index (χ2v) is 9.37. The van der Waals surface area contributed by atoms with Crippen molar-refractivity contribution in [2.24, 2.45) is 0 Å². The second kappa shape index (κ2) is 7.90. The topological polar surface area (TPSA) is 82.7 Å². The molecule has 8 heteroatoms. The summed E-state index contributed by atoms with van der Waals surface area (Å²) in [5.74, 6) is -0.428. The average Bonchev–Trinajstić information content (AvgIpc) is 3.37. The molecule has 3 heterocycles. The molecule has 0 amide bonds. The van der Waals surface area contributed by atoms with Gasteiger partial charge in [-0.3, -0.25) is 0 Å². The zero-order valence-corrected chi connectivity index (χ0v) is 18.9. The Bertz CT molecular complexity index is 1620. The third-order valence-corrected chi connectivity index (χ3v) is 7.31. The molecular weight excluding hydrogens is 438 g/mol. The van der Waals surface area contributed by atoms with Gasteiger partial charge in [-0.05, 0) is 50.2 Å². The highest BCUT2D eigenvalue weighted by atomic mass is 32.2. The molecule has 0 N–H and O–H groups in total. The van der Waals surface area contributed by atoms with E-state index in [1.54, 1.807) is 61.7 Å². The molecule has 0 saturated carbocycles. The van der Waals surface area contributed by atoms with Gasteiger partial charge in [0.1, 0.15) is 11.3 Å².